The van der Waals surface area contributed by atoms with Gasteiger partial charge in [-0.2, -0.15) is 0 Å². The summed E-state index contributed by atoms with van der Waals surface area (Å²) >= 11 is 5.70. The van der Waals surface area contributed by atoms with Gasteiger partial charge in [-0.1, -0.05) is 23.7 Å². The van der Waals surface area contributed by atoms with E-state index in [1.807, 2.05) is 18.2 Å². The molecular formula is C18H16ClFN2O2. The molecule has 1 N–H and O–H groups in total. The Labute approximate surface area is 144 Å². The van der Waals surface area contributed by atoms with Gasteiger partial charge in [-0.25, -0.2) is 4.39 Å². The number of fused-ring (bicyclic) bond motifs is 1. The van der Waals surface area contributed by atoms with E-state index in [2.05, 4.69) is 5.32 Å². The fourth-order valence-electron chi connectivity index (χ4n) is 2.78. The van der Waals surface area contributed by atoms with Gasteiger partial charge in [0, 0.05) is 24.8 Å². The third-order valence-corrected chi connectivity index (χ3v) is 4.35. The van der Waals surface area contributed by atoms with Gasteiger partial charge in [0.25, 0.3) is 0 Å². The Bertz CT molecular complexity index is 823. The lowest BCUT2D eigenvalue weighted by Crippen LogP contribution is -2.31. The molecule has 0 unspecified atom stereocenters. The summed E-state index contributed by atoms with van der Waals surface area (Å²) in [7, 11) is 1.75. The van der Waals surface area contributed by atoms with E-state index >= 15 is 0 Å². The Hall–Kier alpha value is -2.40. The quantitative estimate of drug-likeness (QED) is 0.923. The number of hydrogen-bond donors (Lipinski definition) is 1. The molecule has 3 rings (SSSR count). The minimum Gasteiger partial charge on any atom is -0.326 e. The summed E-state index contributed by atoms with van der Waals surface area (Å²) in [5, 5.41) is 2.67. The van der Waals surface area contributed by atoms with Gasteiger partial charge >= 0.3 is 0 Å². The first-order valence-electron chi connectivity index (χ1n) is 7.57. The molecule has 24 heavy (non-hydrogen) atoms. The second-order valence-electron chi connectivity index (χ2n) is 5.77. The number of nitrogens with zero attached hydrogens (tertiary/aromatic N) is 1. The first kappa shape index (κ1) is 16.5. The van der Waals surface area contributed by atoms with E-state index in [0.29, 0.717) is 18.5 Å². The van der Waals surface area contributed by atoms with Crippen molar-refractivity contribution in [2.75, 3.05) is 17.3 Å². The van der Waals surface area contributed by atoms with Crippen molar-refractivity contribution in [1.82, 2.24) is 0 Å². The molecule has 0 saturated carbocycles. The summed E-state index contributed by atoms with van der Waals surface area (Å²) in [6.07, 6.45) is 1.36. The molecule has 2 aromatic rings. The topological polar surface area (TPSA) is 49.4 Å². The van der Waals surface area contributed by atoms with E-state index in [9.17, 15) is 14.0 Å². The van der Waals surface area contributed by atoms with Crippen LogP contribution in [-0.2, 0) is 22.4 Å². The lowest BCUT2D eigenvalue weighted by atomic mass is 9.98. The first-order valence-corrected chi connectivity index (χ1v) is 7.95. The molecule has 0 spiro atoms. The monoisotopic (exact) mass is 346 g/mol. The van der Waals surface area contributed by atoms with Crippen molar-refractivity contribution in [3.63, 3.8) is 0 Å². The summed E-state index contributed by atoms with van der Waals surface area (Å²) < 4.78 is 13.1. The smallest absolute Gasteiger partial charge is 0.228 e. The zero-order chi connectivity index (χ0) is 17.3. The fourth-order valence-corrected chi connectivity index (χ4v) is 2.96. The number of hydrogen-bond acceptors (Lipinski definition) is 2. The maximum atomic E-state index is 13.1. The Balaban J connectivity index is 1.71. The second kappa shape index (κ2) is 6.61. The highest BCUT2D eigenvalue weighted by Gasteiger charge is 2.21. The van der Waals surface area contributed by atoms with Crippen LogP contribution in [0.3, 0.4) is 0 Å². The summed E-state index contributed by atoms with van der Waals surface area (Å²) in [4.78, 5) is 25.5. The van der Waals surface area contributed by atoms with Crippen molar-refractivity contribution in [3.05, 3.63) is 58.4 Å². The lowest BCUT2D eigenvalue weighted by molar-refractivity contribution is -0.118. The summed E-state index contributed by atoms with van der Waals surface area (Å²) in [6.45, 7) is 0. The predicted molar refractivity (Wildman–Crippen MR) is 91.9 cm³/mol. The van der Waals surface area contributed by atoms with Gasteiger partial charge in [-0.05, 0) is 41.8 Å². The van der Waals surface area contributed by atoms with Crippen LogP contribution in [0.25, 0.3) is 0 Å². The number of aryl methyl sites for hydroxylation is 1. The van der Waals surface area contributed by atoms with Gasteiger partial charge in [0.15, 0.2) is 0 Å². The molecule has 1 aliphatic rings. The van der Waals surface area contributed by atoms with Gasteiger partial charge < -0.3 is 10.2 Å². The van der Waals surface area contributed by atoms with E-state index in [-0.39, 0.29) is 23.3 Å². The van der Waals surface area contributed by atoms with E-state index in [1.165, 1.54) is 18.2 Å². The average molecular weight is 347 g/mol. The number of halogens is 2. The molecule has 2 amide bonds. The highest BCUT2D eigenvalue weighted by Crippen LogP contribution is 2.28. The van der Waals surface area contributed by atoms with Crippen molar-refractivity contribution in [3.8, 4) is 0 Å². The number of nitrogens with one attached hydrogen (secondary N) is 1. The minimum absolute atomic E-state index is 0.0331. The Morgan fingerprint density at radius 1 is 1.25 bits per heavy atom. The van der Waals surface area contributed by atoms with Gasteiger partial charge in [0.05, 0.1) is 11.4 Å². The molecule has 0 fully saturated rings. The summed E-state index contributed by atoms with van der Waals surface area (Å²) in [5.74, 6) is -0.637. The predicted octanol–water partition coefficient (Wildman–Crippen LogP) is 3.57. The minimum atomic E-state index is -0.525. The molecule has 124 valence electrons. The van der Waals surface area contributed by atoms with Crippen LogP contribution in [0.2, 0.25) is 5.02 Å². The lowest BCUT2D eigenvalue weighted by Gasteiger charge is -2.26. The van der Waals surface area contributed by atoms with Crippen LogP contribution >= 0.6 is 11.6 Å². The number of anilines is 2. The van der Waals surface area contributed by atoms with Crippen LogP contribution < -0.4 is 10.2 Å². The van der Waals surface area contributed by atoms with Crippen molar-refractivity contribution in [2.24, 2.45) is 0 Å². The van der Waals surface area contributed by atoms with Crippen LogP contribution in [-0.4, -0.2) is 18.9 Å². The third-order valence-electron chi connectivity index (χ3n) is 4.06. The number of amides is 2. The van der Waals surface area contributed by atoms with Gasteiger partial charge in [0.2, 0.25) is 11.8 Å². The Kier molecular flexibility index (Phi) is 4.53. The molecule has 0 aromatic heterocycles. The van der Waals surface area contributed by atoms with Crippen LogP contribution in [0, 0.1) is 5.82 Å². The maximum absolute atomic E-state index is 13.1. The van der Waals surface area contributed by atoms with Crippen LogP contribution in [0.15, 0.2) is 36.4 Å². The Morgan fingerprint density at radius 3 is 2.79 bits per heavy atom. The Morgan fingerprint density at radius 2 is 2.04 bits per heavy atom. The van der Waals surface area contributed by atoms with Crippen molar-refractivity contribution in [2.45, 2.75) is 19.3 Å². The van der Waals surface area contributed by atoms with Crippen molar-refractivity contribution >= 4 is 34.8 Å². The number of rotatable bonds is 3. The normalized spacial score (nSPS) is 13.6. The molecule has 0 aliphatic carbocycles. The number of benzene rings is 2. The van der Waals surface area contributed by atoms with Crippen molar-refractivity contribution < 1.29 is 14.0 Å². The molecule has 0 atom stereocenters. The molecule has 2 aromatic carbocycles. The van der Waals surface area contributed by atoms with E-state index in [4.69, 9.17) is 11.6 Å². The standard InChI is InChI=1S/C18H16ClFN2O2/c1-22-16-6-2-11(8-12(16)3-7-18(22)24)9-17(23)21-13-4-5-15(20)14(19)10-13/h2,4-6,8,10H,3,7,9H2,1H3,(H,21,23). The van der Waals surface area contributed by atoms with E-state index in [0.717, 1.165) is 16.8 Å². The largest absolute Gasteiger partial charge is 0.326 e. The second-order valence-corrected chi connectivity index (χ2v) is 6.18. The fraction of sp³-hybridized carbons (Fsp3) is 0.222. The highest BCUT2D eigenvalue weighted by molar-refractivity contribution is 6.31. The van der Waals surface area contributed by atoms with Gasteiger partial charge in [0.1, 0.15) is 5.82 Å². The SMILES string of the molecule is CN1C(=O)CCc2cc(CC(=O)Nc3ccc(F)c(Cl)c3)ccc21. The molecule has 0 saturated heterocycles. The zero-order valence-electron chi connectivity index (χ0n) is 13.1. The number of carbonyl (C=O) groups is 2. The van der Waals surface area contributed by atoms with Crippen LogP contribution in [0.4, 0.5) is 15.8 Å². The summed E-state index contributed by atoms with van der Waals surface area (Å²) in [6, 6.07) is 9.71. The van der Waals surface area contributed by atoms with Gasteiger partial charge in [-0.15, -0.1) is 0 Å². The van der Waals surface area contributed by atoms with Crippen LogP contribution in [0.1, 0.15) is 17.5 Å². The molecule has 1 heterocycles. The van der Waals surface area contributed by atoms with E-state index < -0.39 is 5.82 Å². The molecule has 6 heteroatoms. The highest BCUT2D eigenvalue weighted by atomic mass is 35.5. The maximum Gasteiger partial charge on any atom is 0.228 e. The molecule has 0 radical (unpaired) electrons. The molecule has 0 bridgehead atoms. The number of carbonyl (C=O) groups excluding carboxylic acids is 2. The first-order chi connectivity index (χ1) is 11.4. The summed E-state index contributed by atoms with van der Waals surface area (Å²) in [5.41, 5.74) is 3.27. The third kappa shape index (κ3) is 3.41. The van der Waals surface area contributed by atoms with Crippen LogP contribution in [0.5, 0.6) is 0 Å². The average Bonchev–Trinajstić information content (AvgIpc) is 2.54. The molecular weight excluding hydrogens is 331 g/mol. The van der Waals surface area contributed by atoms with Gasteiger partial charge in [-0.3, -0.25) is 9.59 Å². The molecule has 1 aliphatic heterocycles. The zero-order valence-corrected chi connectivity index (χ0v) is 13.9. The molecule has 4 nitrogen and oxygen atoms in total. The van der Waals surface area contributed by atoms with Crippen molar-refractivity contribution in [1.29, 1.82) is 0 Å². The van der Waals surface area contributed by atoms with E-state index in [1.54, 1.807) is 11.9 Å².